The number of halogens is 1. The molecule has 0 saturated heterocycles. The Morgan fingerprint density at radius 1 is 1.26 bits per heavy atom. The van der Waals surface area contributed by atoms with Gasteiger partial charge in [0.1, 0.15) is 5.15 Å². The largest absolute Gasteiger partial charge is 0.260 e. The first-order valence-electron chi connectivity index (χ1n) is 5.51. The Hall–Kier alpha value is -1.50. The molecule has 0 aliphatic heterocycles. The van der Waals surface area contributed by atoms with Crippen LogP contribution in [0.15, 0.2) is 41.6 Å². The summed E-state index contributed by atoms with van der Waals surface area (Å²) in [4.78, 5) is 7.96. The number of rotatable bonds is 4. The number of aromatic nitrogens is 2. The molecule has 2 heterocycles. The second-order valence-electron chi connectivity index (χ2n) is 3.91. The van der Waals surface area contributed by atoms with Gasteiger partial charge < -0.3 is 0 Å². The highest BCUT2D eigenvalue weighted by Crippen LogP contribution is 2.13. The third kappa shape index (κ3) is 3.50. The summed E-state index contributed by atoms with van der Waals surface area (Å²) in [6, 6.07) is 6.37. The smallest absolute Gasteiger partial charge is 0.241 e. The summed E-state index contributed by atoms with van der Waals surface area (Å²) in [5, 5.41) is 0.136. The van der Waals surface area contributed by atoms with E-state index in [1.807, 2.05) is 13.0 Å². The van der Waals surface area contributed by atoms with E-state index in [2.05, 4.69) is 14.7 Å². The third-order valence-corrected chi connectivity index (χ3v) is 4.16. The van der Waals surface area contributed by atoms with E-state index in [-0.39, 0.29) is 16.6 Å². The molecule has 100 valence electrons. The van der Waals surface area contributed by atoms with Gasteiger partial charge in [-0.05, 0) is 30.7 Å². The van der Waals surface area contributed by atoms with Gasteiger partial charge in [0.15, 0.2) is 0 Å². The van der Waals surface area contributed by atoms with Gasteiger partial charge in [-0.15, -0.1) is 0 Å². The fourth-order valence-electron chi connectivity index (χ4n) is 1.50. The first kappa shape index (κ1) is 13.9. The maximum atomic E-state index is 12.0. The number of nitrogens with zero attached hydrogens (tertiary/aromatic N) is 2. The lowest BCUT2D eigenvalue weighted by molar-refractivity contribution is 0.580. The van der Waals surface area contributed by atoms with Gasteiger partial charge in [-0.3, -0.25) is 4.98 Å². The number of hydrogen-bond acceptors (Lipinski definition) is 4. The van der Waals surface area contributed by atoms with Crippen LogP contribution in [0.4, 0.5) is 0 Å². The van der Waals surface area contributed by atoms with Crippen molar-refractivity contribution in [3.05, 3.63) is 53.1 Å². The summed E-state index contributed by atoms with van der Waals surface area (Å²) < 4.78 is 26.6. The zero-order valence-corrected chi connectivity index (χ0v) is 11.7. The molecule has 0 amide bonds. The highest BCUT2D eigenvalue weighted by molar-refractivity contribution is 7.89. The Bertz CT molecular complexity index is 689. The summed E-state index contributed by atoms with van der Waals surface area (Å²) >= 11 is 5.68. The molecule has 7 heteroatoms. The van der Waals surface area contributed by atoms with Gasteiger partial charge in [0.25, 0.3) is 0 Å². The number of sulfonamides is 1. The van der Waals surface area contributed by atoms with Crippen LogP contribution in [0.2, 0.25) is 5.15 Å². The van der Waals surface area contributed by atoms with E-state index < -0.39 is 10.0 Å². The van der Waals surface area contributed by atoms with Gasteiger partial charge in [0, 0.05) is 12.4 Å². The molecule has 0 radical (unpaired) electrons. The maximum Gasteiger partial charge on any atom is 0.241 e. The van der Waals surface area contributed by atoms with Gasteiger partial charge in [-0.2, -0.15) is 0 Å². The predicted molar refractivity (Wildman–Crippen MR) is 72.2 cm³/mol. The van der Waals surface area contributed by atoms with Crippen LogP contribution in [0.5, 0.6) is 0 Å². The maximum absolute atomic E-state index is 12.0. The van der Waals surface area contributed by atoms with Crippen LogP contribution >= 0.6 is 11.6 Å². The third-order valence-electron chi connectivity index (χ3n) is 2.56. The molecule has 2 rings (SSSR count). The molecule has 0 fully saturated rings. The number of nitrogens with one attached hydrogen (secondary N) is 1. The Kier molecular flexibility index (Phi) is 4.14. The van der Waals surface area contributed by atoms with Crippen LogP contribution in [-0.4, -0.2) is 18.4 Å². The van der Waals surface area contributed by atoms with Crippen molar-refractivity contribution in [2.75, 3.05) is 0 Å². The summed E-state index contributed by atoms with van der Waals surface area (Å²) in [6.07, 6.45) is 2.98. The molecule has 0 spiro atoms. The lowest BCUT2D eigenvalue weighted by Crippen LogP contribution is -2.24. The summed E-state index contributed by atoms with van der Waals surface area (Å²) in [5.41, 5.74) is 1.61. The van der Waals surface area contributed by atoms with Crippen molar-refractivity contribution in [1.29, 1.82) is 0 Å². The van der Waals surface area contributed by atoms with Crippen LogP contribution in [0.1, 0.15) is 11.3 Å². The van der Waals surface area contributed by atoms with Crippen molar-refractivity contribution in [3.8, 4) is 0 Å². The van der Waals surface area contributed by atoms with Crippen LogP contribution in [-0.2, 0) is 16.6 Å². The molecule has 5 nitrogen and oxygen atoms in total. The summed E-state index contributed by atoms with van der Waals surface area (Å²) in [7, 11) is -3.61. The highest BCUT2D eigenvalue weighted by Gasteiger charge is 2.15. The zero-order valence-electron chi connectivity index (χ0n) is 10.2. The van der Waals surface area contributed by atoms with Crippen molar-refractivity contribution in [2.45, 2.75) is 18.4 Å². The topological polar surface area (TPSA) is 72.0 Å². The Morgan fingerprint density at radius 3 is 2.74 bits per heavy atom. The van der Waals surface area contributed by atoms with Gasteiger partial charge in [-0.1, -0.05) is 17.7 Å². The van der Waals surface area contributed by atoms with Crippen molar-refractivity contribution in [3.63, 3.8) is 0 Å². The summed E-state index contributed by atoms with van der Waals surface area (Å²) in [6.45, 7) is 2.01. The van der Waals surface area contributed by atoms with E-state index in [9.17, 15) is 8.42 Å². The monoisotopic (exact) mass is 297 g/mol. The van der Waals surface area contributed by atoms with E-state index in [0.717, 1.165) is 5.56 Å². The van der Waals surface area contributed by atoms with Crippen LogP contribution in [0.3, 0.4) is 0 Å². The quantitative estimate of drug-likeness (QED) is 0.875. The Balaban J connectivity index is 2.17. The minimum Gasteiger partial charge on any atom is -0.260 e. The molecular formula is C12H12ClN3O2S. The standard InChI is InChI=1S/C12H12ClN3O2S/c1-9-3-2-5-14-11(9)8-16-19(17,18)10-4-6-15-12(13)7-10/h2-7,16H,8H2,1H3. The highest BCUT2D eigenvalue weighted by atomic mass is 35.5. The fourth-order valence-corrected chi connectivity index (χ4v) is 2.74. The van der Waals surface area contributed by atoms with Crippen molar-refractivity contribution in [1.82, 2.24) is 14.7 Å². The van der Waals surface area contributed by atoms with Crippen LogP contribution in [0, 0.1) is 6.92 Å². The lowest BCUT2D eigenvalue weighted by Gasteiger charge is -2.08. The van der Waals surface area contributed by atoms with Crippen LogP contribution < -0.4 is 4.72 Å². The lowest BCUT2D eigenvalue weighted by atomic mass is 10.2. The van der Waals surface area contributed by atoms with E-state index in [1.165, 1.54) is 18.3 Å². The SMILES string of the molecule is Cc1cccnc1CNS(=O)(=O)c1ccnc(Cl)c1. The Labute approximate surface area is 116 Å². The molecule has 0 saturated carbocycles. The van der Waals surface area contributed by atoms with Crippen molar-refractivity contribution < 1.29 is 8.42 Å². The average Bonchev–Trinajstić information content (AvgIpc) is 2.38. The molecule has 2 aromatic heterocycles. The molecule has 0 aliphatic carbocycles. The second kappa shape index (κ2) is 5.64. The molecule has 2 aromatic rings. The van der Waals surface area contributed by atoms with Gasteiger partial charge in [-0.25, -0.2) is 18.1 Å². The zero-order chi connectivity index (χ0) is 13.9. The fraction of sp³-hybridized carbons (Fsp3) is 0.167. The van der Waals surface area contributed by atoms with E-state index in [1.54, 1.807) is 12.3 Å². The Morgan fingerprint density at radius 2 is 2.05 bits per heavy atom. The van der Waals surface area contributed by atoms with Gasteiger partial charge in [0.05, 0.1) is 17.1 Å². The second-order valence-corrected chi connectivity index (χ2v) is 6.06. The van der Waals surface area contributed by atoms with Crippen LogP contribution in [0.25, 0.3) is 0 Å². The minimum atomic E-state index is -3.61. The molecule has 0 bridgehead atoms. The number of aryl methyl sites for hydroxylation is 1. The minimum absolute atomic E-state index is 0.0843. The molecule has 0 aliphatic rings. The molecule has 0 aromatic carbocycles. The first-order valence-corrected chi connectivity index (χ1v) is 7.37. The van der Waals surface area contributed by atoms with Gasteiger partial charge in [0.2, 0.25) is 10.0 Å². The molecule has 0 unspecified atom stereocenters. The summed E-state index contributed by atoms with van der Waals surface area (Å²) in [5.74, 6) is 0. The average molecular weight is 298 g/mol. The first-order chi connectivity index (χ1) is 8.99. The molecule has 0 atom stereocenters. The normalized spacial score (nSPS) is 11.5. The molecular weight excluding hydrogens is 286 g/mol. The van der Waals surface area contributed by atoms with E-state index >= 15 is 0 Å². The van der Waals surface area contributed by atoms with E-state index in [0.29, 0.717) is 5.69 Å². The predicted octanol–water partition coefficient (Wildman–Crippen LogP) is 1.92. The molecule has 19 heavy (non-hydrogen) atoms. The number of pyridine rings is 2. The number of hydrogen-bond donors (Lipinski definition) is 1. The molecule has 1 N–H and O–H groups in total. The van der Waals surface area contributed by atoms with Crippen molar-refractivity contribution >= 4 is 21.6 Å². The van der Waals surface area contributed by atoms with Crippen molar-refractivity contribution in [2.24, 2.45) is 0 Å². The van der Waals surface area contributed by atoms with Gasteiger partial charge >= 0.3 is 0 Å². The van der Waals surface area contributed by atoms with E-state index in [4.69, 9.17) is 11.6 Å².